The maximum atomic E-state index is 11.9. The number of carbonyl (C=O) groups excluding carboxylic acids is 1. The van der Waals surface area contributed by atoms with Crippen LogP contribution >= 0.6 is 11.3 Å². The minimum atomic E-state index is 0.300. The molecule has 0 aromatic carbocycles. The molecule has 0 saturated carbocycles. The van der Waals surface area contributed by atoms with Crippen molar-refractivity contribution in [2.75, 3.05) is 31.1 Å². The zero-order chi connectivity index (χ0) is 14.1. The number of aryl methyl sites for hydroxylation is 1. The van der Waals surface area contributed by atoms with E-state index in [0.717, 1.165) is 54.7 Å². The van der Waals surface area contributed by atoms with Crippen LogP contribution in [-0.4, -0.2) is 47.9 Å². The Morgan fingerprint density at radius 1 is 1.35 bits per heavy atom. The van der Waals surface area contributed by atoms with Crippen molar-refractivity contribution >= 4 is 22.3 Å². The van der Waals surface area contributed by atoms with E-state index in [9.17, 15) is 4.79 Å². The third-order valence-electron chi connectivity index (χ3n) is 4.52. The Kier molecular flexibility index (Phi) is 4.08. The normalized spacial score (nSPS) is 22.6. The number of hydrogen-bond donors (Lipinski definition) is 0. The summed E-state index contributed by atoms with van der Waals surface area (Å²) in [5.74, 6) is 0.300. The van der Waals surface area contributed by atoms with Crippen LogP contribution in [0.5, 0.6) is 0 Å². The molecule has 4 nitrogen and oxygen atoms in total. The average Bonchev–Trinajstić information content (AvgIpc) is 3.07. The fourth-order valence-corrected chi connectivity index (χ4v) is 4.46. The first kappa shape index (κ1) is 14.0. The van der Waals surface area contributed by atoms with Crippen LogP contribution in [-0.2, 0) is 6.42 Å². The molecule has 1 unspecified atom stereocenters. The zero-order valence-corrected chi connectivity index (χ0v) is 13.2. The number of Topliss-reactive ketones (excluding diaryl/α,β-unsaturated/α-hetero) is 1. The van der Waals surface area contributed by atoms with Crippen LogP contribution in [0.15, 0.2) is 0 Å². The third-order valence-corrected chi connectivity index (χ3v) is 5.72. The second-order valence-corrected chi connectivity index (χ2v) is 6.64. The molecule has 1 aliphatic heterocycles. The number of likely N-dealkylation sites (N-methyl/N-ethyl adjacent to an activating group) is 1. The Hall–Kier alpha value is -0.940. The lowest BCUT2D eigenvalue weighted by atomic mass is 10.0. The lowest BCUT2D eigenvalue weighted by Gasteiger charge is -2.25. The van der Waals surface area contributed by atoms with Crippen molar-refractivity contribution in [3.63, 3.8) is 0 Å². The summed E-state index contributed by atoms with van der Waals surface area (Å²) in [4.78, 5) is 22.5. The molecular weight excluding hydrogens is 270 g/mol. The molecule has 110 valence electrons. The van der Waals surface area contributed by atoms with E-state index in [1.807, 2.05) is 0 Å². The van der Waals surface area contributed by atoms with Gasteiger partial charge < -0.3 is 4.90 Å². The summed E-state index contributed by atoms with van der Waals surface area (Å²) in [6.07, 6.45) is 3.86. The fourth-order valence-electron chi connectivity index (χ4n) is 3.35. The first-order valence-corrected chi connectivity index (χ1v) is 8.56. The van der Waals surface area contributed by atoms with Crippen molar-refractivity contribution in [3.05, 3.63) is 10.6 Å². The van der Waals surface area contributed by atoms with E-state index in [0.29, 0.717) is 18.2 Å². The van der Waals surface area contributed by atoms with Gasteiger partial charge in [0.25, 0.3) is 0 Å². The molecule has 3 rings (SSSR count). The number of thiazole rings is 1. The van der Waals surface area contributed by atoms with Gasteiger partial charge in [-0.3, -0.25) is 9.69 Å². The van der Waals surface area contributed by atoms with Crippen LogP contribution in [0.25, 0.3) is 0 Å². The van der Waals surface area contributed by atoms with E-state index in [2.05, 4.69) is 23.6 Å². The molecule has 1 saturated heterocycles. The molecular formula is C15H23N3OS. The Morgan fingerprint density at radius 3 is 2.85 bits per heavy atom. The van der Waals surface area contributed by atoms with Crippen molar-refractivity contribution in [1.82, 2.24) is 9.88 Å². The highest BCUT2D eigenvalue weighted by Gasteiger charge is 2.30. The zero-order valence-electron chi connectivity index (χ0n) is 12.4. The molecule has 0 N–H and O–H groups in total. The van der Waals surface area contributed by atoms with E-state index < -0.39 is 0 Å². The molecule has 20 heavy (non-hydrogen) atoms. The Morgan fingerprint density at radius 2 is 2.15 bits per heavy atom. The Labute approximate surface area is 124 Å². The van der Waals surface area contributed by atoms with Gasteiger partial charge in [-0.1, -0.05) is 25.2 Å². The van der Waals surface area contributed by atoms with Gasteiger partial charge in [-0.15, -0.1) is 0 Å². The highest BCUT2D eigenvalue weighted by atomic mass is 32.1. The highest BCUT2D eigenvalue weighted by molar-refractivity contribution is 7.17. The van der Waals surface area contributed by atoms with Gasteiger partial charge in [0, 0.05) is 25.6 Å². The van der Waals surface area contributed by atoms with E-state index in [4.69, 9.17) is 4.98 Å². The van der Waals surface area contributed by atoms with Gasteiger partial charge in [-0.05, 0) is 32.4 Å². The van der Waals surface area contributed by atoms with Crippen molar-refractivity contribution < 1.29 is 4.79 Å². The number of hydrogen-bond acceptors (Lipinski definition) is 5. The number of fused-ring (bicyclic) bond motifs is 1. The van der Waals surface area contributed by atoms with E-state index >= 15 is 0 Å². The SMILES string of the molecule is CCN(CC)C1CCN(c2nc3c(s2)C(=O)CCC3)C1. The number of aromatic nitrogens is 1. The average molecular weight is 293 g/mol. The van der Waals surface area contributed by atoms with Gasteiger partial charge in [-0.2, -0.15) is 0 Å². The monoisotopic (exact) mass is 293 g/mol. The summed E-state index contributed by atoms with van der Waals surface area (Å²) in [7, 11) is 0. The Bertz CT molecular complexity index is 495. The molecule has 0 amide bonds. The van der Waals surface area contributed by atoms with Crippen LogP contribution in [0.2, 0.25) is 0 Å². The number of nitrogens with zero attached hydrogens (tertiary/aromatic N) is 3. The fraction of sp³-hybridized carbons (Fsp3) is 0.733. The molecule has 1 aliphatic carbocycles. The predicted molar refractivity (Wildman–Crippen MR) is 82.9 cm³/mol. The highest BCUT2D eigenvalue weighted by Crippen LogP contribution is 2.33. The minimum Gasteiger partial charge on any atom is -0.346 e. The Balaban J connectivity index is 1.73. The second-order valence-electron chi connectivity index (χ2n) is 5.66. The molecule has 1 atom stereocenters. The van der Waals surface area contributed by atoms with Crippen LogP contribution in [0.1, 0.15) is 48.5 Å². The van der Waals surface area contributed by atoms with Gasteiger partial charge in [0.05, 0.1) is 10.6 Å². The van der Waals surface area contributed by atoms with Crippen molar-refractivity contribution in [3.8, 4) is 0 Å². The van der Waals surface area contributed by atoms with Crippen molar-refractivity contribution in [2.24, 2.45) is 0 Å². The lowest BCUT2D eigenvalue weighted by molar-refractivity contribution is 0.0976. The van der Waals surface area contributed by atoms with E-state index in [1.165, 1.54) is 6.42 Å². The lowest BCUT2D eigenvalue weighted by Crippen LogP contribution is -2.37. The third kappa shape index (κ3) is 2.49. The van der Waals surface area contributed by atoms with Crippen LogP contribution < -0.4 is 4.90 Å². The van der Waals surface area contributed by atoms with E-state index in [-0.39, 0.29) is 0 Å². The maximum Gasteiger partial charge on any atom is 0.186 e. The van der Waals surface area contributed by atoms with Crippen molar-refractivity contribution in [1.29, 1.82) is 0 Å². The summed E-state index contributed by atoms with van der Waals surface area (Å²) >= 11 is 1.62. The smallest absolute Gasteiger partial charge is 0.186 e. The first-order chi connectivity index (χ1) is 9.72. The minimum absolute atomic E-state index is 0.300. The van der Waals surface area contributed by atoms with Gasteiger partial charge in [-0.25, -0.2) is 4.98 Å². The summed E-state index contributed by atoms with van der Waals surface area (Å²) < 4.78 is 0. The molecule has 1 fully saturated rings. The molecule has 1 aromatic rings. The van der Waals surface area contributed by atoms with Crippen LogP contribution in [0.3, 0.4) is 0 Å². The molecule has 1 aromatic heterocycles. The first-order valence-electron chi connectivity index (χ1n) is 7.74. The molecule has 0 spiro atoms. The second kappa shape index (κ2) is 5.82. The van der Waals surface area contributed by atoms with E-state index in [1.54, 1.807) is 11.3 Å². The molecule has 2 aliphatic rings. The van der Waals surface area contributed by atoms with Crippen LogP contribution in [0, 0.1) is 0 Å². The van der Waals surface area contributed by atoms with Gasteiger partial charge in [0.2, 0.25) is 0 Å². The predicted octanol–water partition coefficient (Wildman–Crippen LogP) is 2.58. The molecule has 0 bridgehead atoms. The maximum absolute atomic E-state index is 11.9. The number of ketones is 1. The topological polar surface area (TPSA) is 36.4 Å². The van der Waals surface area contributed by atoms with Gasteiger partial charge in [0.1, 0.15) is 0 Å². The van der Waals surface area contributed by atoms with Crippen LogP contribution in [0.4, 0.5) is 5.13 Å². The molecule has 2 heterocycles. The summed E-state index contributed by atoms with van der Waals surface area (Å²) in [5, 5.41) is 1.07. The quantitative estimate of drug-likeness (QED) is 0.855. The summed E-state index contributed by atoms with van der Waals surface area (Å²) in [6, 6.07) is 0.640. The van der Waals surface area contributed by atoms with Crippen molar-refractivity contribution in [2.45, 2.75) is 45.6 Å². The largest absolute Gasteiger partial charge is 0.346 e. The van der Waals surface area contributed by atoms with Gasteiger partial charge in [0.15, 0.2) is 10.9 Å². The summed E-state index contributed by atoms with van der Waals surface area (Å²) in [6.45, 7) is 8.81. The van der Waals surface area contributed by atoms with Gasteiger partial charge >= 0.3 is 0 Å². The number of carbonyl (C=O) groups is 1. The number of rotatable bonds is 4. The summed E-state index contributed by atoms with van der Waals surface area (Å²) in [5.41, 5.74) is 1.05. The standard InChI is InChI=1S/C15H23N3OS/c1-3-17(4-2)11-8-9-18(10-11)15-16-12-6-5-7-13(19)14(12)20-15/h11H,3-10H2,1-2H3. The molecule has 0 radical (unpaired) electrons. The molecule has 5 heteroatoms. The number of anilines is 1.